The van der Waals surface area contributed by atoms with Gasteiger partial charge in [0.25, 0.3) is 12.3 Å². The van der Waals surface area contributed by atoms with E-state index in [0.717, 1.165) is 93.0 Å². The molecule has 2 amide bonds. The van der Waals surface area contributed by atoms with E-state index < -0.39 is 6.43 Å². The van der Waals surface area contributed by atoms with E-state index in [2.05, 4.69) is 74.3 Å². The molecule has 3 aromatic rings. The normalized spacial score (nSPS) is 22.2. The molecule has 0 bridgehead atoms. The van der Waals surface area contributed by atoms with Gasteiger partial charge in [-0.15, -0.1) is 0 Å². The summed E-state index contributed by atoms with van der Waals surface area (Å²) in [6.07, 6.45) is 12.2. The summed E-state index contributed by atoms with van der Waals surface area (Å²) in [6.45, 7) is 18.3. The van der Waals surface area contributed by atoms with E-state index >= 15 is 0 Å². The number of carbonyl (C=O) groups excluding carboxylic acids is 2. The molecule has 2 atom stereocenters. The average molecular weight is 868 g/mol. The van der Waals surface area contributed by atoms with Gasteiger partial charge in [0.2, 0.25) is 11.9 Å². The fourth-order valence-corrected chi connectivity index (χ4v) is 11.8. The average Bonchev–Trinajstić information content (AvgIpc) is 3.62. The van der Waals surface area contributed by atoms with E-state index in [1.165, 1.54) is 25.3 Å². The molecule has 2 aromatic heterocycles. The number of nitrogens with zero attached hydrogens (tertiary/aromatic N) is 9. The van der Waals surface area contributed by atoms with E-state index in [4.69, 9.17) is 10.8 Å². The number of anilines is 3. The number of piperidine rings is 1. The van der Waals surface area contributed by atoms with Gasteiger partial charge in [-0.1, -0.05) is 34.6 Å². The Morgan fingerprint density at radius 2 is 1.78 bits per heavy atom. The Bertz CT molecular complexity index is 2210. The molecule has 6 heterocycles. The van der Waals surface area contributed by atoms with Gasteiger partial charge in [-0.05, 0) is 97.9 Å². The van der Waals surface area contributed by atoms with Crippen molar-refractivity contribution in [2.45, 2.75) is 130 Å². The molecule has 3 N–H and O–H groups in total. The summed E-state index contributed by atoms with van der Waals surface area (Å²) in [4.78, 5) is 47.9. The molecule has 8 rings (SSSR count). The third-order valence-electron chi connectivity index (χ3n) is 14.7. The molecule has 13 nitrogen and oxygen atoms in total. The van der Waals surface area contributed by atoms with Gasteiger partial charge in [0.05, 0.1) is 18.2 Å². The number of hydrogen-bond acceptors (Lipinski definition) is 10. The molecule has 0 radical (unpaired) electrons. The quantitative estimate of drug-likeness (QED) is 0.167. The van der Waals surface area contributed by atoms with Crippen LogP contribution in [0, 0.1) is 16.7 Å². The summed E-state index contributed by atoms with van der Waals surface area (Å²) >= 11 is 0. The highest BCUT2D eigenvalue weighted by Crippen LogP contribution is 2.53. The largest absolute Gasteiger partial charge is 0.404 e. The lowest BCUT2D eigenvalue weighted by Gasteiger charge is -2.57. The minimum absolute atomic E-state index is 0.0210. The molecule has 1 aromatic carbocycles. The van der Waals surface area contributed by atoms with E-state index in [1.807, 2.05) is 11.0 Å². The van der Waals surface area contributed by atoms with Crippen molar-refractivity contribution in [1.29, 1.82) is 0 Å². The Balaban J connectivity index is 0.935. The van der Waals surface area contributed by atoms with Crippen LogP contribution in [0.3, 0.4) is 0 Å². The minimum atomic E-state index is -2.71. The predicted octanol–water partition coefficient (Wildman–Crippen LogP) is 7.49. The first kappa shape index (κ1) is 44.7. The van der Waals surface area contributed by atoms with Crippen molar-refractivity contribution >= 4 is 41.1 Å². The molecule has 1 saturated carbocycles. The van der Waals surface area contributed by atoms with Crippen LogP contribution in [0.1, 0.15) is 137 Å². The van der Waals surface area contributed by atoms with Gasteiger partial charge in [0, 0.05) is 118 Å². The third kappa shape index (κ3) is 8.83. The molecule has 5 aliphatic rings. The van der Waals surface area contributed by atoms with Crippen molar-refractivity contribution in [3.8, 4) is 0 Å². The van der Waals surface area contributed by atoms with Crippen molar-refractivity contribution in [3.05, 3.63) is 64.2 Å². The molecule has 2 saturated heterocycles. The minimum Gasteiger partial charge on any atom is -0.404 e. The number of carbonyl (C=O) groups is 2. The molecule has 15 heteroatoms. The zero-order chi connectivity index (χ0) is 44.8. The number of benzene rings is 1. The molecule has 340 valence electrons. The summed E-state index contributed by atoms with van der Waals surface area (Å²) in [5.74, 6) is 1.92. The number of fused-ring (bicyclic) bond motifs is 2. The number of aryl methyl sites for hydroxylation is 1. The van der Waals surface area contributed by atoms with Crippen molar-refractivity contribution in [1.82, 2.24) is 34.9 Å². The molecular formula is C48H67F2N11O2. The number of amides is 2. The lowest BCUT2D eigenvalue weighted by atomic mass is 9.52. The lowest BCUT2D eigenvalue weighted by molar-refractivity contribution is -0.129. The Hall–Kier alpha value is -4.92. The van der Waals surface area contributed by atoms with Crippen LogP contribution in [-0.4, -0.2) is 106 Å². The van der Waals surface area contributed by atoms with E-state index in [9.17, 15) is 18.4 Å². The summed E-state index contributed by atoms with van der Waals surface area (Å²) < 4.78 is 31.7. The highest BCUT2D eigenvalue weighted by atomic mass is 19.3. The molecule has 63 heavy (non-hydrogen) atoms. The van der Waals surface area contributed by atoms with Crippen molar-refractivity contribution in [2.75, 3.05) is 56.1 Å². The van der Waals surface area contributed by atoms with Gasteiger partial charge in [-0.2, -0.15) is 5.10 Å². The summed E-state index contributed by atoms with van der Waals surface area (Å²) in [5, 5.41) is 8.62. The van der Waals surface area contributed by atoms with Crippen LogP contribution in [-0.2, 0) is 24.2 Å². The SMILES string of the molecule is CCC(CCC1CCCN(C2CN(c3ncc(C(=O)NC4C(C)(C)CC4(C)C)cn3)C2)C1)n1nc(N2CCCc3cc(/C(C=NC)=C/N)c(C(F)F)cc32)c2c1CCN(C(C)=O)C2. The Labute approximate surface area is 371 Å². The number of rotatable bonds is 13. The number of nitrogens with two attached hydrogens (primary N) is 1. The Morgan fingerprint density at radius 1 is 1.03 bits per heavy atom. The maximum absolute atomic E-state index is 14.7. The Morgan fingerprint density at radius 3 is 2.43 bits per heavy atom. The van der Waals surface area contributed by atoms with E-state index in [0.29, 0.717) is 60.7 Å². The maximum atomic E-state index is 14.7. The first-order valence-electron chi connectivity index (χ1n) is 23.2. The van der Waals surface area contributed by atoms with Crippen molar-refractivity contribution in [3.63, 3.8) is 0 Å². The van der Waals surface area contributed by atoms with Gasteiger partial charge in [0.15, 0.2) is 5.82 Å². The van der Waals surface area contributed by atoms with E-state index in [1.54, 1.807) is 32.4 Å². The van der Waals surface area contributed by atoms with Crippen LogP contribution < -0.4 is 20.9 Å². The number of likely N-dealkylation sites (tertiary alicyclic amines) is 1. The van der Waals surface area contributed by atoms with Gasteiger partial charge in [-0.3, -0.25) is 24.2 Å². The monoisotopic (exact) mass is 868 g/mol. The number of hydrogen-bond donors (Lipinski definition) is 2. The summed E-state index contributed by atoms with van der Waals surface area (Å²) in [7, 11) is 1.60. The number of aromatic nitrogens is 4. The standard InChI is InChI=1S/C48H67F2N11O2/c1-8-35(14-13-31-11-9-16-58(25-31)36-26-59(27-36)46-53-23-34(24-54-46)44(63)55-45-47(3,4)29-48(45,5)6)61-40-15-18-57(30(2)62)28-39(40)43(56-61)60-17-10-12-32-19-37(33(21-51)22-52-7)38(42(49)50)20-41(32)60/h19-24,31,35-36,42,45H,8-18,25-29,51H2,1-7H3,(H,55,63)/b33-21+,52-22?. The van der Waals surface area contributed by atoms with Gasteiger partial charge >= 0.3 is 0 Å². The van der Waals surface area contributed by atoms with Crippen LogP contribution in [0.25, 0.3) is 5.57 Å². The second kappa shape index (κ2) is 17.9. The zero-order valence-electron chi connectivity index (χ0n) is 38.3. The Kier molecular flexibility index (Phi) is 12.7. The van der Waals surface area contributed by atoms with Gasteiger partial charge in [0.1, 0.15) is 0 Å². The lowest BCUT2D eigenvalue weighted by Crippen LogP contribution is -2.63. The number of alkyl halides is 2. The van der Waals surface area contributed by atoms with Gasteiger partial charge < -0.3 is 25.8 Å². The van der Waals surface area contributed by atoms with Crippen LogP contribution >= 0.6 is 0 Å². The fraction of sp³-hybridized carbons (Fsp3) is 0.625. The molecule has 3 fully saturated rings. The maximum Gasteiger partial charge on any atom is 0.264 e. The molecule has 4 aliphatic heterocycles. The van der Waals surface area contributed by atoms with E-state index in [-0.39, 0.29) is 40.3 Å². The zero-order valence-corrected chi connectivity index (χ0v) is 38.3. The summed E-state index contributed by atoms with van der Waals surface area (Å²) in [6, 6.07) is 4.20. The fourth-order valence-electron chi connectivity index (χ4n) is 11.8. The first-order valence-corrected chi connectivity index (χ1v) is 23.2. The van der Waals surface area contributed by atoms with Crippen molar-refractivity contribution < 1.29 is 18.4 Å². The topological polar surface area (TPSA) is 141 Å². The molecule has 2 unspecified atom stereocenters. The molecule has 0 spiro atoms. The highest BCUT2D eigenvalue weighted by Gasteiger charge is 2.53. The number of allylic oxidation sites excluding steroid dienone is 1. The van der Waals surface area contributed by atoms with Gasteiger partial charge in [-0.25, -0.2) is 18.7 Å². The molecular weight excluding hydrogens is 801 g/mol. The second-order valence-electron chi connectivity index (χ2n) is 20.1. The highest BCUT2D eigenvalue weighted by molar-refractivity contribution is 6.10. The molecule has 1 aliphatic carbocycles. The predicted molar refractivity (Wildman–Crippen MR) is 245 cm³/mol. The third-order valence-corrected chi connectivity index (χ3v) is 14.7. The first-order chi connectivity index (χ1) is 30.1. The number of aliphatic imine (C=N–C) groups is 1. The number of halogens is 2. The smallest absolute Gasteiger partial charge is 0.264 e. The number of nitrogens with one attached hydrogen (secondary N) is 1. The van der Waals surface area contributed by atoms with Crippen molar-refractivity contribution in [2.24, 2.45) is 27.5 Å². The van der Waals surface area contributed by atoms with Crippen LogP contribution in [0.2, 0.25) is 0 Å². The van der Waals surface area contributed by atoms with Crippen LogP contribution in [0.15, 0.2) is 35.7 Å². The summed E-state index contributed by atoms with van der Waals surface area (Å²) in [5.41, 5.74) is 11.2. The van der Waals surface area contributed by atoms with Crippen LogP contribution in [0.4, 0.5) is 26.2 Å². The second-order valence-corrected chi connectivity index (χ2v) is 20.1. The van der Waals surface area contributed by atoms with Crippen LogP contribution in [0.5, 0.6) is 0 Å².